The SMILES string of the molecule is CC(CNC(=O)CCSCC(N)=O)C(=O)O. The van der Waals surface area contributed by atoms with E-state index in [4.69, 9.17) is 10.8 Å². The zero-order chi connectivity index (χ0) is 12.6. The summed E-state index contributed by atoms with van der Waals surface area (Å²) in [6.07, 6.45) is 0.254. The van der Waals surface area contributed by atoms with Crippen molar-refractivity contribution in [3.8, 4) is 0 Å². The smallest absolute Gasteiger partial charge is 0.308 e. The number of thioether (sulfide) groups is 1. The second kappa shape index (κ2) is 7.98. The average Bonchev–Trinajstić information content (AvgIpc) is 2.20. The molecule has 1 unspecified atom stereocenters. The molecule has 0 aromatic carbocycles. The number of carbonyl (C=O) groups excluding carboxylic acids is 2. The summed E-state index contributed by atoms with van der Waals surface area (Å²) in [4.78, 5) is 32.0. The van der Waals surface area contributed by atoms with Crippen molar-refractivity contribution in [3.63, 3.8) is 0 Å². The Morgan fingerprint density at radius 1 is 1.44 bits per heavy atom. The van der Waals surface area contributed by atoms with E-state index in [1.165, 1.54) is 18.7 Å². The summed E-state index contributed by atoms with van der Waals surface area (Å²) in [6, 6.07) is 0. The highest BCUT2D eigenvalue weighted by Gasteiger charge is 2.11. The maximum Gasteiger partial charge on any atom is 0.308 e. The van der Waals surface area contributed by atoms with Crippen LogP contribution in [0.2, 0.25) is 0 Å². The lowest BCUT2D eigenvalue weighted by atomic mass is 10.2. The number of rotatable bonds is 8. The van der Waals surface area contributed by atoms with E-state index in [2.05, 4.69) is 5.32 Å². The fourth-order valence-corrected chi connectivity index (χ4v) is 1.46. The minimum atomic E-state index is -0.941. The molecule has 0 heterocycles. The minimum absolute atomic E-state index is 0.120. The first-order valence-corrected chi connectivity index (χ1v) is 5.94. The van der Waals surface area contributed by atoms with Crippen LogP contribution in [0.1, 0.15) is 13.3 Å². The molecule has 0 radical (unpaired) electrons. The van der Waals surface area contributed by atoms with E-state index < -0.39 is 17.8 Å². The van der Waals surface area contributed by atoms with Crippen molar-refractivity contribution < 1.29 is 19.5 Å². The molecular weight excluding hydrogens is 232 g/mol. The maximum atomic E-state index is 11.2. The van der Waals surface area contributed by atoms with Gasteiger partial charge in [-0.05, 0) is 0 Å². The highest BCUT2D eigenvalue weighted by Crippen LogP contribution is 2.01. The molecule has 1 atom stereocenters. The third kappa shape index (κ3) is 8.10. The van der Waals surface area contributed by atoms with Crippen LogP contribution in [-0.4, -0.2) is 40.9 Å². The van der Waals surface area contributed by atoms with Gasteiger partial charge in [-0.25, -0.2) is 0 Å². The fourth-order valence-electron chi connectivity index (χ4n) is 0.780. The Labute approximate surface area is 98.0 Å². The molecule has 6 nitrogen and oxygen atoms in total. The number of amides is 2. The van der Waals surface area contributed by atoms with Crippen molar-refractivity contribution in [1.29, 1.82) is 0 Å². The Bertz CT molecular complexity index is 270. The Morgan fingerprint density at radius 2 is 2.06 bits per heavy atom. The molecule has 0 saturated carbocycles. The topological polar surface area (TPSA) is 109 Å². The first kappa shape index (κ1) is 14.8. The summed E-state index contributed by atoms with van der Waals surface area (Å²) in [5, 5.41) is 11.1. The monoisotopic (exact) mass is 248 g/mol. The summed E-state index contributed by atoms with van der Waals surface area (Å²) in [5.74, 6) is -1.48. The van der Waals surface area contributed by atoms with Gasteiger partial charge in [0.2, 0.25) is 11.8 Å². The Balaban J connectivity index is 3.52. The van der Waals surface area contributed by atoms with Gasteiger partial charge in [-0.15, -0.1) is 0 Å². The van der Waals surface area contributed by atoms with Crippen LogP contribution in [0.3, 0.4) is 0 Å². The Hall–Kier alpha value is -1.24. The van der Waals surface area contributed by atoms with Crippen LogP contribution in [0.4, 0.5) is 0 Å². The van der Waals surface area contributed by atoms with Gasteiger partial charge >= 0.3 is 5.97 Å². The molecule has 0 bridgehead atoms. The van der Waals surface area contributed by atoms with E-state index >= 15 is 0 Å². The summed E-state index contributed by atoms with van der Waals surface area (Å²) >= 11 is 1.28. The highest BCUT2D eigenvalue weighted by atomic mass is 32.2. The number of nitrogens with one attached hydrogen (secondary N) is 1. The zero-order valence-corrected chi connectivity index (χ0v) is 9.88. The van der Waals surface area contributed by atoms with Gasteiger partial charge in [-0.1, -0.05) is 6.92 Å². The summed E-state index contributed by atoms with van der Waals surface area (Å²) in [5.41, 5.74) is 4.92. The van der Waals surface area contributed by atoms with Crippen LogP contribution in [0.15, 0.2) is 0 Å². The van der Waals surface area contributed by atoms with Crippen molar-refractivity contribution in [2.75, 3.05) is 18.1 Å². The van der Waals surface area contributed by atoms with Gasteiger partial charge in [-0.3, -0.25) is 14.4 Å². The third-order valence-electron chi connectivity index (χ3n) is 1.74. The molecule has 92 valence electrons. The van der Waals surface area contributed by atoms with Gasteiger partial charge in [0.05, 0.1) is 11.7 Å². The van der Waals surface area contributed by atoms with Crippen molar-refractivity contribution in [1.82, 2.24) is 5.32 Å². The lowest BCUT2D eigenvalue weighted by Crippen LogP contribution is -2.31. The van der Waals surface area contributed by atoms with Crippen LogP contribution in [0.5, 0.6) is 0 Å². The normalized spacial score (nSPS) is 11.8. The largest absolute Gasteiger partial charge is 0.481 e. The molecule has 2 amide bonds. The number of hydrogen-bond acceptors (Lipinski definition) is 4. The van der Waals surface area contributed by atoms with E-state index in [9.17, 15) is 14.4 Å². The fraction of sp³-hybridized carbons (Fsp3) is 0.667. The molecule has 0 aliphatic rings. The predicted molar refractivity (Wildman–Crippen MR) is 60.9 cm³/mol. The summed E-state index contributed by atoms with van der Waals surface area (Å²) < 4.78 is 0. The zero-order valence-electron chi connectivity index (χ0n) is 9.06. The molecule has 7 heteroatoms. The number of primary amides is 1. The van der Waals surface area contributed by atoms with Crippen LogP contribution in [0, 0.1) is 5.92 Å². The number of nitrogens with two attached hydrogens (primary N) is 1. The molecule has 0 saturated heterocycles. The van der Waals surface area contributed by atoms with Crippen molar-refractivity contribution in [2.24, 2.45) is 11.7 Å². The molecule has 0 aromatic heterocycles. The number of aliphatic carboxylic acids is 1. The first-order chi connectivity index (χ1) is 7.43. The van der Waals surface area contributed by atoms with Crippen molar-refractivity contribution in [3.05, 3.63) is 0 Å². The molecule has 0 aromatic rings. The average molecular weight is 248 g/mol. The van der Waals surface area contributed by atoms with E-state index in [0.717, 1.165) is 0 Å². The standard InChI is InChI=1S/C9H16N2O4S/c1-6(9(14)15)4-11-8(13)2-3-16-5-7(10)12/h6H,2-5H2,1H3,(H2,10,12)(H,11,13)(H,14,15). The molecule has 0 aliphatic carbocycles. The number of carbonyl (C=O) groups is 3. The molecule has 0 rings (SSSR count). The number of carboxylic acid groups (broad SMARTS) is 1. The minimum Gasteiger partial charge on any atom is -0.481 e. The van der Waals surface area contributed by atoms with Gasteiger partial charge in [0.1, 0.15) is 0 Å². The second-order valence-electron chi connectivity index (χ2n) is 3.31. The van der Waals surface area contributed by atoms with E-state index in [1.54, 1.807) is 0 Å². The van der Waals surface area contributed by atoms with Crippen LogP contribution < -0.4 is 11.1 Å². The summed E-state index contributed by atoms with van der Waals surface area (Å²) in [7, 11) is 0. The van der Waals surface area contributed by atoms with E-state index in [0.29, 0.717) is 5.75 Å². The molecule has 0 fully saturated rings. The summed E-state index contributed by atoms with van der Waals surface area (Å²) in [6.45, 7) is 1.64. The van der Waals surface area contributed by atoms with Crippen LogP contribution >= 0.6 is 11.8 Å². The van der Waals surface area contributed by atoms with Crippen molar-refractivity contribution >= 4 is 29.5 Å². The Morgan fingerprint density at radius 3 is 2.56 bits per heavy atom. The number of carboxylic acids is 1. The number of hydrogen-bond donors (Lipinski definition) is 3. The molecule has 16 heavy (non-hydrogen) atoms. The Kier molecular flexibility index (Phi) is 7.36. The first-order valence-electron chi connectivity index (χ1n) is 4.79. The molecule has 0 spiro atoms. The quantitative estimate of drug-likeness (QED) is 0.498. The van der Waals surface area contributed by atoms with Crippen molar-refractivity contribution in [2.45, 2.75) is 13.3 Å². The van der Waals surface area contributed by atoms with E-state index in [-0.39, 0.29) is 24.6 Å². The van der Waals surface area contributed by atoms with E-state index in [1.807, 2.05) is 0 Å². The molecule has 0 aliphatic heterocycles. The predicted octanol–water partition coefficient (Wildman–Crippen LogP) is -0.568. The van der Waals surface area contributed by atoms with Gasteiger partial charge in [0.15, 0.2) is 0 Å². The van der Waals surface area contributed by atoms with Gasteiger partial charge < -0.3 is 16.2 Å². The van der Waals surface area contributed by atoms with Gasteiger partial charge in [0.25, 0.3) is 0 Å². The molecular formula is C9H16N2O4S. The van der Waals surface area contributed by atoms with Gasteiger partial charge in [0, 0.05) is 18.7 Å². The molecule has 4 N–H and O–H groups in total. The van der Waals surface area contributed by atoms with Crippen LogP contribution in [-0.2, 0) is 14.4 Å². The lowest BCUT2D eigenvalue weighted by Gasteiger charge is -2.07. The van der Waals surface area contributed by atoms with Gasteiger partial charge in [-0.2, -0.15) is 11.8 Å². The maximum absolute atomic E-state index is 11.2. The van der Waals surface area contributed by atoms with Crippen LogP contribution in [0.25, 0.3) is 0 Å². The lowest BCUT2D eigenvalue weighted by molar-refractivity contribution is -0.141. The second-order valence-corrected chi connectivity index (χ2v) is 4.42. The third-order valence-corrected chi connectivity index (χ3v) is 2.73. The highest BCUT2D eigenvalue weighted by molar-refractivity contribution is 7.99.